The molecule has 0 bridgehead atoms. The molecule has 0 aliphatic heterocycles. The van der Waals surface area contributed by atoms with Crippen molar-refractivity contribution in [1.82, 2.24) is 9.55 Å². The molecule has 1 aliphatic carbocycles. The number of nitrogens with zero attached hydrogens (tertiary/aromatic N) is 2. The smallest absolute Gasteiger partial charge is 0.108 e. The Hall–Kier alpha value is -0.830. The Morgan fingerprint density at radius 1 is 1.53 bits per heavy atom. The molecule has 84 valence electrons. The molecule has 1 aromatic rings. The van der Waals surface area contributed by atoms with Crippen LogP contribution in [0.1, 0.15) is 38.4 Å². The van der Waals surface area contributed by atoms with Crippen molar-refractivity contribution in [3.05, 3.63) is 18.2 Å². The van der Waals surface area contributed by atoms with E-state index < -0.39 is 0 Å². The molecule has 1 N–H and O–H groups in total. The molecule has 0 spiro atoms. The maximum absolute atomic E-state index is 9.47. The summed E-state index contributed by atoms with van der Waals surface area (Å²) >= 11 is 0. The highest BCUT2D eigenvalue weighted by molar-refractivity contribution is 4.95. The van der Waals surface area contributed by atoms with Crippen molar-refractivity contribution in [2.45, 2.75) is 51.7 Å². The van der Waals surface area contributed by atoms with Gasteiger partial charge in [-0.2, -0.15) is 0 Å². The molecule has 2 rings (SSSR count). The number of imidazole rings is 1. The van der Waals surface area contributed by atoms with E-state index in [1.54, 1.807) is 0 Å². The molecule has 0 aromatic carbocycles. The van der Waals surface area contributed by atoms with Crippen LogP contribution in [-0.4, -0.2) is 20.8 Å². The van der Waals surface area contributed by atoms with Crippen LogP contribution < -0.4 is 0 Å². The zero-order chi connectivity index (χ0) is 10.7. The Kier molecular flexibility index (Phi) is 3.41. The van der Waals surface area contributed by atoms with Gasteiger partial charge in [0.1, 0.15) is 5.82 Å². The first-order valence-corrected chi connectivity index (χ1v) is 5.97. The van der Waals surface area contributed by atoms with Crippen LogP contribution in [0.2, 0.25) is 0 Å². The lowest BCUT2D eigenvalue weighted by Gasteiger charge is -2.10. The summed E-state index contributed by atoms with van der Waals surface area (Å²) in [4.78, 5) is 4.40. The normalized spacial score (nSPS) is 26.0. The van der Waals surface area contributed by atoms with E-state index in [2.05, 4.69) is 22.7 Å². The quantitative estimate of drug-likeness (QED) is 0.821. The average molecular weight is 208 g/mol. The summed E-state index contributed by atoms with van der Waals surface area (Å²) in [5, 5.41) is 9.47. The third kappa shape index (κ3) is 2.59. The first kappa shape index (κ1) is 10.7. The standard InChI is InChI=1S/C12H20N2O/c1-2-6-14-7-5-13-12(14)9-10-3-4-11(15)8-10/h5,7,10-11,15H,2-4,6,8-9H2,1H3. The van der Waals surface area contributed by atoms with E-state index in [0.29, 0.717) is 5.92 Å². The monoisotopic (exact) mass is 208 g/mol. The highest BCUT2D eigenvalue weighted by atomic mass is 16.3. The fourth-order valence-corrected chi connectivity index (χ4v) is 2.47. The molecule has 1 saturated carbocycles. The van der Waals surface area contributed by atoms with Crippen LogP contribution >= 0.6 is 0 Å². The molecule has 1 aromatic heterocycles. The Bertz CT molecular complexity index is 308. The Labute approximate surface area is 91.1 Å². The van der Waals surface area contributed by atoms with Gasteiger partial charge in [-0.15, -0.1) is 0 Å². The van der Waals surface area contributed by atoms with Gasteiger partial charge in [-0.1, -0.05) is 6.92 Å². The zero-order valence-electron chi connectivity index (χ0n) is 9.39. The summed E-state index contributed by atoms with van der Waals surface area (Å²) in [5.41, 5.74) is 0. The summed E-state index contributed by atoms with van der Waals surface area (Å²) in [6.45, 7) is 3.24. The van der Waals surface area contributed by atoms with E-state index in [0.717, 1.165) is 38.6 Å². The molecule has 3 nitrogen and oxygen atoms in total. The molecule has 1 fully saturated rings. The number of rotatable bonds is 4. The van der Waals surface area contributed by atoms with E-state index >= 15 is 0 Å². The lowest BCUT2D eigenvalue weighted by Crippen LogP contribution is -2.09. The van der Waals surface area contributed by atoms with Crippen molar-refractivity contribution in [1.29, 1.82) is 0 Å². The van der Waals surface area contributed by atoms with Gasteiger partial charge in [0, 0.05) is 25.4 Å². The predicted octanol–water partition coefficient (Wildman–Crippen LogP) is 2.00. The molecular formula is C12H20N2O. The predicted molar refractivity (Wildman–Crippen MR) is 59.6 cm³/mol. The van der Waals surface area contributed by atoms with Crippen LogP contribution in [-0.2, 0) is 13.0 Å². The van der Waals surface area contributed by atoms with E-state index in [-0.39, 0.29) is 6.10 Å². The fraction of sp³-hybridized carbons (Fsp3) is 0.750. The first-order chi connectivity index (χ1) is 7.29. The van der Waals surface area contributed by atoms with Crippen molar-refractivity contribution in [3.63, 3.8) is 0 Å². The minimum atomic E-state index is -0.0652. The van der Waals surface area contributed by atoms with Crippen LogP contribution in [0.5, 0.6) is 0 Å². The highest BCUT2D eigenvalue weighted by Gasteiger charge is 2.24. The maximum Gasteiger partial charge on any atom is 0.108 e. The highest BCUT2D eigenvalue weighted by Crippen LogP contribution is 2.28. The molecule has 0 saturated heterocycles. The Morgan fingerprint density at radius 2 is 2.40 bits per heavy atom. The van der Waals surface area contributed by atoms with Crippen molar-refractivity contribution in [2.24, 2.45) is 5.92 Å². The van der Waals surface area contributed by atoms with Crippen LogP contribution in [0.15, 0.2) is 12.4 Å². The molecule has 15 heavy (non-hydrogen) atoms. The third-order valence-corrected chi connectivity index (χ3v) is 3.25. The summed E-state index contributed by atoms with van der Waals surface area (Å²) in [6, 6.07) is 0. The van der Waals surface area contributed by atoms with Gasteiger partial charge in [0.05, 0.1) is 6.10 Å². The summed E-state index contributed by atoms with van der Waals surface area (Å²) in [7, 11) is 0. The third-order valence-electron chi connectivity index (χ3n) is 3.25. The molecule has 1 aliphatic rings. The topological polar surface area (TPSA) is 38.0 Å². The Morgan fingerprint density at radius 3 is 3.07 bits per heavy atom. The van der Waals surface area contributed by atoms with Gasteiger partial charge in [-0.3, -0.25) is 0 Å². The summed E-state index contributed by atoms with van der Waals surface area (Å²) in [6.07, 6.45) is 9.14. The average Bonchev–Trinajstić information content (AvgIpc) is 2.78. The molecule has 1 heterocycles. The van der Waals surface area contributed by atoms with Crippen LogP contribution in [0.4, 0.5) is 0 Å². The van der Waals surface area contributed by atoms with Gasteiger partial charge in [-0.25, -0.2) is 4.98 Å². The number of aryl methyl sites for hydroxylation is 1. The SMILES string of the molecule is CCCn1ccnc1CC1CCC(O)C1. The van der Waals surface area contributed by atoms with E-state index in [1.807, 2.05) is 6.20 Å². The van der Waals surface area contributed by atoms with Crippen molar-refractivity contribution >= 4 is 0 Å². The molecule has 2 unspecified atom stereocenters. The molecule has 0 radical (unpaired) electrons. The van der Waals surface area contributed by atoms with Crippen molar-refractivity contribution < 1.29 is 5.11 Å². The van der Waals surface area contributed by atoms with E-state index in [1.165, 1.54) is 5.82 Å². The minimum absolute atomic E-state index is 0.0652. The number of aliphatic hydroxyl groups is 1. The van der Waals surface area contributed by atoms with E-state index in [4.69, 9.17) is 0 Å². The molecule has 0 amide bonds. The second-order valence-electron chi connectivity index (χ2n) is 4.57. The lowest BCUT2D eigenvalue weighted by molar-refractivity contribution is 0.177. The van der Waals surface area contributed by atoms with Crippen LogP contribution in [0.25, 0.3) is 0 Å². The number of hydrogen-bond acceptors (Lipinski definition) is 2. The number of aliphatic hydroxyl groups excluding tert-OH is 1. The molecular weight excluding hydrogens is 188 g/mol. The fourth-order valence-electron chi connectivity index (χ4n) is 2.47. The van der Waals surface area contributed by atoms with Gasteiger partial charge in [-0.05, 0) is 31.6 Å². The van der Waals surface area contributed by atoms with Crippen LogP contribution in [0, 0.1) is 5.92 Å². The maximum atomic E-state index is 9.47. The van der Waals surface area contributed by atoms with Gasteiger partial charge < -0.3 is 9.67 Å². The molecule has 3 heteroatoms. The van der Waals surface area contributed by atoms with Crippen molar-refractivity contribution in [2.75, 3.05) is 0 Å². The number of hydrogen-bond donors (Lipinski definition) is 1. The lowest BCUT2D eigenvalue weighted by atomic mass is 10.0. The second kappa shape index (κ2) is 4.79. The van der Waals surface area contributed by atoms with Crippen molar-refractivity contribution in [3.8, 4) is 0 Å². The summed E-state index contributed by atoms with van der Waals surface area (Å²) < 4.78 is 2.24. The first-order valence-electron chi connectivity index (χ1n) is 5.97. The van der Waals surface area contributed by atoms with E-state index in [9.17, 15) is 5.11 Å². The zero-order valence-corrected chi connectivity index (χ0v) is 9.39. The minimum Gasteiger partial charge on any atom is -0.393 e. The van der Waals surface area contributed by atoms with Gasteiger partial charge in [0.25, 0.3) is 0 Å². The second-order valence-corrected chi connectivity index (χ2v) is 4.57. The van der Waals surface area contributed by atoms with Crippen LogP contribution in [0.3, 0.4) is 0 Å². The number of aromatic nitrogens is 2. The van der Waals surface area contributed by atoms with Gasteiger partial charge in [0.2, 0.25) is 0 Å². The largest absolute Gasteiger partial charge is 0.393 e. The van der Waals surface area contributed by atoms with Gasteiger partial charge >= 0.3 is 0 Å². The Balaban J connectivity index is 1.95. The molecule has 2 atom stereocenters. The van der Waals surface area contributed by atoms with Gasteiger partial charge in [0.15, 0.2) is 0 Å². The summed E-state index contributed by atoms with van der Waals surface area (Å²) in [5.74, 6) is 1.83.